The van der Waals surface area contributed by atoms with Gasteiger partial charge in [-0.15, -0.1) is 0 Å². The number of nitrogens with one attached hydrogen (secondary N) is 2. The number of hydrogen-bond donors (Lipinski definition) is 2. The molecule has 2 heterocycles. The van der Waals surface area contributed by atoms with E-state index in [2.05, 4.69) is 15.5 Å². The van der Waals surface area contributed by atoms with Crippen LogP contribution in [0.15, 0.2) is 36.5 Å². The molecule has 0 aliphatic carbocycles. The lowest BCUT2D eigenvalue weighted by atomic mass is 10.0. The number of hydrogen-bond acceptors (Lipinski definition) is 5. The molecule has 1 aliphatic heterocycles. The van der Waals surface area contributed by atoms with Gasteiger partial charge in [0.05, 0.1) is 19.1 Å². The normalized spacial score (nSPS) is 15.0. The molecule has 25 heavy (non-hydrogen) atoms. The van der Waals surface area contributed by atoms with Crippen LogP contribution in [-0.4, -0.2) is 53.2 Å². The number of ether oxygens (including phenoxy) is 1. The van der Waals surface area contributed by atoms with E-state index < -0.39 is 0 Å². The van der Waals surface area contributed by atoms with Crippen LogP contribution in [0.2, 0.25) is 0 Å². The number of H-pyrrole nitrogens is 1. The Kier molecular flexibility index (Phi) is 5.33. The summed E-state index contributed by atoms with van der Waals surface area (Å²) in [5, 5.41) is 10.1. The molecule has 2 aromatic rings. The highest BCUT2D eigenvalue weighted by Crippen LogP contribution is 2.18. The van der Waals surface area contributed by atoms with E-state index in [0.717, 1.165) is 37.3 Å². The lowest BCUT2D eigenvalue weighted by molar-refractivity contribution is -0.131. The average molecular weight is 342 g/mol. The quantitative estimate of drug-likeness (QED) is 0.810. The van der Waals surface area contributed by atoms with Crippen molar-refractivity contribution in [3.8, 4) is 0 Å². The topological polar surface area (TPSA) is 87.3 Å². The third-order valence-electron chi connectivity index (χ3n) is 4.40. The van der Waals surface area contributed by atoms with E-state index in [1.807, 2.05) is 23.1 Å². The van der Waals surface area contributed by atoms with Crippen molar-refractivity contribution in [1.29, 1.82) is 0 Å². The van der Waals surface area contributed by atoms with E-state index in [-0.39, 0.29) is 17.9 Å². The van der Waals surface area contributed by atoms with Gasteiger partial charge in [0.15, 0.2) is 0 Å². The minimum absolute atomic E-state index is 0.121. The number of likely N-dealkylation sites (tertiary alicyclic amines) is 1. The molecule has 7 nitrogen and oxygen atoms in total. The molecule has 7 heteroatoms. The van der Waals surface area contributed by atoms with Crippen molar-refractivity contribution in [3.05, 3.63) is 47.8 Å². The molecule has 1 aromatic carbocycles. The first kappa shape index (κ1) is 17.0. The molecule has 3 rings (SSSR count). The minimum Gasteiger partial charge on any atom is -0.465 e. The number of aromatic nitrogens is 2. The molecule has 132 valence electrons. The molecule has 2 N–H and O–H groups in total. The molecule has 0 unspecified atom stereocenters. The number of aromatic amines is 1. The molecule has 0 spiro atoms. The van der Waals surface area contributed by atoms with Gasteiger partial charge in [0.25, 0.3) is 0 Å². The summed E-state index contributed by atoms with van der Waals surface area (Å²) in [6.45, 7) is 1.45. The molecule has 1 aliphatic rings. The van der Waals surface area contributed by atoms with E-state index in [1.165, 1.54) is 7.11 Å². The van der Waals surface area contributed by atoms with Gasteiger partial charge in [-0.2, -0.15) is 5.10 Å². The van der Waals surface area contributed by atoms with Crippen molar-refractivity contribution in [1.82, 2.24) is 15.1 Å². The van der Waals surface area contributed by atoms with Crippen LogP contribution < -0.4 is 5.32 Å². The van der Waals surface area contributed by atoms with Crippen LogP contribution >= 0.6 is 0 Å². The number of amides is 1. The maximum absolute atomic E-state index is 12.3. The van der Waals surface area contributed by atoms with Crippen LogP contribution in [0.1, 0.15) is 28.9 Å². The molecule has 0 radical (unpaired) electrons. The van der Waals surface area contributed by atoms with Crippen LogP contribution in [-0.2, 0) is 16.0 Å². The van der Waals surface area contributed by atoms with Gasteiger partial charge in [0.2, 0.25) is 5.91 Å². The van der Waals surface area contributed by atoms with Crippen molar-refractivity contribution in [2.75, 3.05) is 25.5 Å². The first-order valence-corrected chi connectivity index (χ1v) is 8.36. The smallest absolute Gasteiger partial charge is 0.337 e. The predicted octanol–water partition coefficient (Wildman–Crippen LogP) is 1.84. The standard InChI is InChI=1S/C18H22N4O3/c1-25-18(24)13-3-2-4-15(11-13)20-14-6-9-22(10-7-14)17(23)12-16-5-8-19-21-16/h2-5,8,11,14,20H,6-7,9-10,12H2,1H3,(H,19,21). The Morgan fingerprint density at radius 1 is 1.32 bits per heavy atom. The predicted molar refractivity (Wildman–Crippen MR) is 93.3 cm³/mol. The van der Waals surface area contributed by atoms with Gasteiger partial charge in [-0.1, -0.05) is 6.07 Å². The number of methoxy groups -OCH3 is 1. The molecule has 1 saturated heterocycles. The molecular formula is C18H22N4O3. The van der Waals surface area contributed by atoms with Crippen molar-refractivity contribution in [2.24, 2.45) is 0 Å². The average Bonchev–Trinajstić information content (AvgIpc) is 3.15. The highest BCUT2D eigenvalue weighted by molar-refractivity contribution is 5.90. The van der Waals surface area contributed by atoms with Gasteiger partial charge in [-0.3, -0.25) is 9.89 Å². The van der Waals surface area contributed by atoms with Crippen molar-refractivity contribution < 1.29 is 14.3 Å². The van der Waals surface area contributed by atoms with Crippen LogP contribution in [0, 0.1) is 0 Å². The van der Waals surface area contributed by atoms with E-state index in [4.69, 9.17) is 4.74 Å². The van der Waals surface area contributed by atoms with Gasteiger partial charge < -0.3 is 15.0 Å². The largest absolute Gasteiger partial charge is 0.465 e. The first-order chi connectivity index (χ1) is 12.2. The fraction of sp³-hybridized carbons (Fsp3) is 0.389. The highest BCUT2D eigenvalue weighted by atomic mass is 16.5. The fourth-order valence-corrected chi connectivity index (χ4v) is 3.02. The second-order valence-corrected chi connectivity index (χ2v) is 6.13. The Morgan fingerprint density at radius 2 is 2.12 bits per heavy atom. The number of carbonyl (C=O) groups is 2. The summed E-state index contributed by atoms with van der Waals surface area (Å²) in [4.78, 5) is 25.8. The molecule has 0 bridgehead atoms. The van der Waals surface area contributed by atoms with E-state index in [9.17, 15) is 9.59 Å². The number of piperidine rings is 1. The number of carbonyl (C=O) groups excluding carboxylic acids is 2. The minimum atomic E-state index is -0.345. The Morgan fingerprint density at radius 3 is 2.80 bits per heavy atom. The van der Waals surface area contributed by atoms with Crippen molar-refractivity contribution in [3.63, 3.8) is 0 Å². The molecule has 0 atom stereocenters. The summed E-state index contributed by atoms with van der Waals surface area (Å²) in [6, 6.07) is 9.39. The lowest BCUT2D eigenvalue weighted by Gasteiger charge is -2.33. The van der Waals surface area contributed by atoms with Gasteiger partial charge in [-0.25, -0.2) is 4.79 Å². The Labute approximate surface area is 146 Å². The zero-order valence-corrected chi connectivity index (χ0v) is 14.2. The third-order valence-corrected chi connectivity index (χ3v) is 4.40. The fourth-order valence-electron chi connectivity index (χ4n) is 3.02. The van der Waals surface area contributed by atoms with E-state index >= 15 is 0 Å². The second kappa shape index (κ2) is 7.83. The zero-order chi connectivity index (χ0) is 17.6. The van der Waals surface area contributed by atoms with Gasteiger partial charge in [0.1, 0.15) is 0 Å². The molecule has 1 amide bonds. The van der Waals surface area contributed by atoms with Crippen LogP contribution in [0.3, 0.4) is 0 Å². The molecule has 0 saturated carbocycles. The Hall–Kier alpha value is -2.83. The van der Waals surface area contributed by atoms with Crippen LogP contribution in [0.25, 0.3) is 0 Å². The van der Waals surface area contributed by atoms with Crippen LogP contribution in [0.4, 0.5) is 5.69 Å². The maximum atomic E-state index is 12.3. The highest BCUT2D eigenvalue weighted by Gasteiger charge is 2.23. The summed E-state index contributed by atoms with van der Waals surface area (Å²) >= 11 is 0. The van der Waals surface area contributed by atoms with Gasteiger partial charge in [0, 0.05) is 36.7 Å². The number of rotatable bonds is 5. The number of benzene rings is 1. The van der Waals surface area contributed by atoms with E-state index in [0.29, 0.717) is 12.0 Å². The second-order valence-electron chi connectivity index (χ2n) is 6.13. The third kappa shape index (κ3) is 4.37. The SMILES string of the molecule is COC(=O)c1cccc(NC2CCN(C(=O)Cc3ccn[nH]3)CC2)c1. The van der Waals surface area contributed by atoms with Crippen molar-refractivity contribution in [2.45, 2.75) is 25.3 Å². The summed E-state index contributed by atoms with van der Waals surface area (Å²) < 4.78 is 4.75. The molecular weight excluding hydrogens is 320 g/mol. The monoisotopic (exact) mass is 342 g/mol. The lowest BCUT2D eigenvalue weighted by Crippen LogP contribution is -2.43. The Bertz CT molecular complexity index is 722. The van der Waals surface area contributed by atoms with Gasteiger partial charge in [-0.05, 0) is 37.1 Å². The van der Waals surface area contributed by atoms with E-state index in [1.54, 1.807) is 18.3 Å². The number of anilines is 1. The zero-order valence-electron chi connectivity index (χ0n) is 14.2. The summed E-state index contributed by atoms with van der Waals surface area (Å²) in [5.74, 6) is -0.224. The first-order valence-electron chi connectivity index (χ1n) is 8.36. The molecule has 1 aromatic heterocycles. The maximum Gasteiger partial charge on any atom is 0.337 e. The number of esters is 1. The summed E-state index contributed by atoms with van der Waals surface area (Å²) in [7, 11) is 1.37. The summed E-state index contributed by atoms with van der Waals surface area (Å²) in [5.41, 5.74) is 2.26. The van der Waals surface area contributed by atoms with Crippen molar-refractivity contribution >= 4 is 17.6 Å². The summed E-state index contributed by atoms with van der Waals surface area (Å²) in [6.07, 6.45) is 3.76. The number of nitrogens with zero attached hydrogens (tertiary/aromatic N) is 2. The van der Waals surface area contributed by atoms with Crippen LogP contribution in [0.5, 0.6) is 0 Å². The Balaban J connectivity index is 1.51. The van der Waals surface area contributed by atoms with Gasteiger partial charge >= 0.3 is 5.97 Å². The molecule has 1 fully saturated rings.